The van der Waals surface area contributed by atoms with E-state index in [0.717, 1.165) is 50.8 Å². The zero-order valence-corrected chi connectivity index (χ0v) is 18.9. The molecule has 1 heterocycles. The van der Waals surface area contributed by atoms with E-state index in [-0.39, 0.29) is 23.6 Å². The molecular weight excluding hydrogens is 407 g/mol. The van der Waals surface area contributed by atoms with Crippen LogP contribution in [0.1, 0.15) is 54.1 Å². The van der Waals surface area contributed by atoms with Crippen LogP contribution in [0.2, 0.25) is 0 Å². The third-order valence-electron chi connectivity index (χ3n) is 6.61. The molecule has 0 unspecified atom stereocenters. The predicted molar refractivity (Wildman–Crippen MR) is 121 cm³/mol. The highest BCUT2D eigenvalue weighted by atomic mass is 19.1. The number of rotatable bonds is 7. The van der Waals surface area contributed by atoms with Crippen molar-refractivity contribution < 1.29 is 18.7 Å². The van der Waals surface area contributed by atoms with Crippen molar-refractivity contribution in [2.24, 2.45) is 5.92 Å². The largest absolute Gasteiger partial charge is 0.494 e. The van der Waals surface area contributed by atoms with Crippen LogP contribution >= 0.6 is 0 Å². The molecule has 2 aromatic carbocycles. The lowest BCUT2D eigenvalue weighted by Gasteiger charge is -2.31. The molecule has 1 aliphatic heterocycles. The van der Waals surface area contributed by atoms with Crippen molar-refractivity contribution in [2.45, 2.75) is 51.6 Å². The van der Waals surface area contributed by atoms with Gasteiger partial charge in [-0.3, -0.25) is 9.59 Å². The minimum atomic E-state index is -0.521. The number of piperidine rings is 1. The summed E-state index contributed by atoms with van der Waals surface area (Å²) < 4.78 is 19.1. The highest BCUT2D eigenvalue weighted by Gasteiger charge is 2.33. The Balaban J connectivity index is 1.37. The zero-order valence-electron chi connectivity index (χ0n) is 18.9. The van der Waals surface area contributed by atoms with Crippen molar-refractivity contribution in [3.05, 3.63) is 65.0 Å². The van der Waals surface area contributed by atoms with Gasteiger partial charge < -0.3 is 14.5 Å². The molecule has 0 atom stereocenters. The second kappa shape index (κ2) is 9.72. The van der Waals surface area contributed by atoms with E-state index in [1.807, 2.05) is 9.80 Å². The fraction of sp³-hybridized carbons (Fsp3) is 0.462. The van der Waals surface area contributed by atoms with Crippen molar-refractivity contribution in [3.8, 4) is 5.75 Å². The van der Waals surface area contributed by atoms with Gasteiger partial charge >= 0.3 is 0 Å². The molecule has 1 saturated carbocycles. The highest BCUT2D eigenvalue weighted by molar-refractivity contribution is 5.94. The maximum atomic E-state index is 14.1. The Labute approximate surface area is 189 Å². The van der Waals surface area contributed by atoms with Crippen molar-refractivity contribution in [2.75, 3.05) is 20.2 Å². The molecule has 170 valence electrons. The van der Waals surface area contributed by atoms with Crippen molar-refractivity contribution >= 4 is 11.8 Å². The number of halogens is 1. The van der Waals surface area contributed by atoms with Crippen LogP contribution in [0.3, 0.4) is 0 Å². The van der Waals surface area contributed by atoms with Crippen LogP contribution < -0.4 is 4.74 Å². The topological polar surface area (TPSA) is 49.9 Å². The number of benzene rings is 2. The standard InChI is InChI=1S/C26H31FN2O3/c1-18(30)28-13-11-20(12-14-28)15-19-3-5-21(6-4-19)17-29(23-8-9-23)26(31)22-7-10-25(32-2)24(27)16-22/h3-7,10,16,20,23H,8-9,11-15,17H2,1-2H3. The molecule has 32 heavy (non-hydrogen) atoms. The third-order valence-corrected chi connectivity index (χ3v) is 6.61. The SMILES string of the molecule is COc1ccc(C(=O)N(Cc2ccc(CC3CCN(C(C)=O)CC3)cc2)C2CC2)cc1F. The lowest BCUT2D eigenvalue weighted by atomic mass is 9.90. The lowest BCUT2D eigenvalue weighted by molar-refractivity contribution is -0.130. The molecule has 1 saturated heterocycles. The van der Waals surface area contributed by atoms with Crippen LogP contribution in [0.4, 0.5) is 4.39 Å². The average molecular weight is 439 g/mol. The van der Waals surface area contributed by atoms with Gasteiger partial charge in [0, 0.05) is 38.2 Å². The van der Waals surface area contributed by atoms with Crippen molar-refractivity contribution in [1.82, 2.24) is 9.80 Å². The van der Waals surface area contributed by atoms with Crippen LogP contribution in [0.15, 0.2) is 42.5 Å². The van der Waals surface area contributed by atoms with Crippen molar-refractivity contribution in [1.29, 1.82) is 0 Å². The summed E-state index contributed by atoms with van der Waals surface area (Å²) in [4.78, 5) is 28.4. The van der Waals surface area contributed by atoms with E-state index in [2.05, 4.69) is 24.3 Å². The molecule has 2 amide bonds. The molecule has 0 bridgehead atoms. The second-order valence-electron chi connectivity index (χ2n) is 8.98. The highest BCUT2D eigenvalue weighted by Crippen LogP contribution is 2.31. The maximum Gasteiger partial charge on any atom is 0.254 e. The summed E-state index contributed by atoms with van der Waals surface area (Å²) >= 11 is 0. The summed E-state index contributed by atoms with van der Waals surface area (Å²) in [5.74, 6) is 0.246. The normalized spacial score (nSPS) is 16.7. The van der Waals surface area contributed by atoms with Gasteiger partial charge in [0.15, 0.2) is 11.6 Å². The fourth-order valence-electron chi connectivity index (χ4n) is 4.48. The van der Waals surface area contributed by atoms with Gasteiger partial charge in [-0.15, -0.1) is 0 Å². The van der Waals surface area contributed by atoms with E-state index in [4.69, 9.17) is 4.74 Å². The summed E-state index contributed by atoms with van der Waals surface area (Å²) in [6.07, 6.45) is 5.08. The summed E-state index contributed by atoms with van der Waals surface area (Å²) in [5, 5.41) is 0. The first-order valence-corrected chi connectivity index (χ1v) is 11.4. The van der Waals surface area contributed by atoms with Gasteiger partial charge in [-0.1, -0.05) is 24.3 Å². The lowest BCUT2D eigenvalue weighted by Crippen LogP contribution is -2.37. The molecule has 2 aliphatic rings. The minimum absolute atomic E-state index is 0.141. The molecule has 2 aromatic rings. The smallest absolute Gasteiger partial charge is 0.254 e. The van der Waals surface area contributed by atoms with Gasteiger partial charge in [-0.25, -0.2) is 4.39 Å². The van der Waals surface area contributed by atoms with E-state index in [1.54, 1.807) is 13.0 Å². The number of carbonyl (C=O) groups is 2. The van der Waals surface area contributed by atoms with E-state index < -0.39 is 5.82 Å². The van der Waals surface area contributed by atoms with E-state index in [9.17, 15) is 14.0 Å². The zero-order chi connectivity index (χ0) is 22.7. The first-order valence-electron chi connectivity index (χ1n) is 11.4. The molecule has 0 N–H and O–H groups in total. The Hall–Kier alpha value is -2.89. The Bertz CT molecular complexity index is 964. The molecule has 5 nitrogen and oxygen atoms in total. The monoisotopic (exact) mass is 438 g/mol. The number of nitrogens with zero attached hydrogens (tertiary/aromatic N) is 2. The number of carbonyl (C=O) groups excluding carboxylic acids is 2. The number of methoxy groups -OCH3 is 1. The Kier molecular flexibility index (Phi) is 6.77. The third kappa shape index (κ3) is 5.29. The first kappa shape index (κ1) is 22.3. The van der Waals surface area contributed by atoms with Gasteiger partial charge in [-0.05, 0) is 67.3 Å². The fourth-order valence-corrected chi connectivity index (χ4v) is 4.48. The van der Waals surface area contributed by atoms with E-state index in [1.165, 1.54) is 24.8 Å². The first-order chi connectivity index (χ1) is 15.4. The predicted octanol–water partition coefficient (Wildman–Crippen LogP) is 4.44. The summed E-state index contributed by atoms with van der Waals surface area (Å²) in [5.41, 5.74) is 2.72. The second-order valence-corrected chi connectivity index (χ2v) is 8.98. The minimum Gasteiger partial charge on any atom is -0.494 e. The molecule has 0 spiro atoms. The number of likely N-dealkylation sites (tertiary alicyclic amines) is 1. The molecule has 6 heteroatoms. The summed E-state index contributed by atoms with van der Waals surface area (Å²) in [6, 6.07) is 13.1. The average Bonchev–Trinajstić information content (AvgIpc) is 3.64. The Morgan fingerprint density at radius 2 is 1.69 bits per heavy atom. The molecule has 4 rings (SSSR count). The van der Waals surface area contributed by atoms with Crippen LogP contribution in [0, 0.1) is 11.7 Å². The molecule has 1 aliphatic carbocycles. The van der Waals surface area contributed by atoms with E-state index >= 15 is 0 Å². The number of hydrogen-bond acceptors (Lipinski definition) is 3. The van der Waals surface area contributed by atoms with E-state index in [0.29, 0.717) is 18.0 Å². The quantitative estimate of drug-likeness (QED) is 0.642. The maximum absolute atomic E-state index is 14.1. The van der Waals surface area contributed by atoms with Gasteiger partial charge in [0.05, 0.1) is 7.11 Å². The van der Waals surface area contributed by atoms with Gasteiger partial charge in [0.1, 0.15) is 0 Å². The van der Waals surface area contributed by atoms with Crippen LogP contribution in [-0.4, -0.2) is 47.9 Å². The number of amides is 2. The number of ether oxygens (including phenoxy) is 1. The van der Waals surface area contributed by atoms with Gasteiger partial charge in [-0.2, -0.15) is 0 Å². The van der Waals surface area contributed by atoms with Gasteiger partial charge in [0.25, 0.3) is 5.91 Å². The summed E-state index contributed by atoms with van der Waals surface area (Å²) in [7, 11) is 1.41. The van der Waals surface area contributed by atoms with Gasteiger partial charge in [0.2, 0.25) is 5.91 Å². The van der Waals surface area contributed by atoms with Crippen LogP contribution in [0.5, 0.6) is 5.75 Å². The van der Waals surface area contributed by atoms with Crippen LogP contribution in [0.25, 0.3) is 0 Å². The molecule has 2 fully saturated rings. The van der Waals surface area contributed by atoms with Crippen molar-refractivity contribution in [3.63, 3.8) is 0 Å². The van der Waals surface area contributed by atoms with Crippen LogP contribution in [-0.2, 0) is 17.8 Å². The molecular formula is C26H31FN2O3. The summed E-state index contributed by atoms with van der Waals surface area (Å²) in [6.45, 7) is 3.86. The molecule has 0 radical (unpaired) electrons. The Morgan fingerprint density at radius 3 is 2.25 bits per heavy atom. The number of hydrogen-bond donors (Lipinski definition) is 0. The molecule has 0 aromatic heterocycles. The Morgan fingerprint density at radius 1 is 1.03 bits per heavy atom.